The average Bonchev–Trinajstić information content (AvgIpc) is 2.77. The van der Waals surface area contributed by atoms with Gasteiger partial charge in [-0.15, -0.1) is 11.3 Å². The van der Waals surface area contributed by atoms with Gasteiger partial charge in [-0.05, 0) is 30.5 Å². The lowest BCUT2D eigenvalue weighted by Crippen LogP contribution is -2.03. The Kier molecular flexibility index (Phi) is 2.65. The number of aromatic amines is 1. The van der Waals surface area contributed by atoms with E-state index in [1.54, 1.807) is 11.3 Å². The van der Waals surface area contributed by atoms with Crippen LogP contribution >= 0.6 is 11.3 Å². The minimum atomic E-state index is 0.660. The molecule has 0 unspecified atom stereocenters. The standard InChI is InChI=1S/C10H13N3S/c1-7-8(4-5-11)12-13-10(7)9-3-2-6-14-9/h2-3,6H,4-5,11H2,1H3,(H,12,13). The molecule has 74 valence electrons. The third-order valence-electron chi connectivity index (χ3n) is 2.26. The number of nitrogens with zero attached hydrogens (tertiary/aromatic N) is 1. The third-order valence-corrected chi connectivity index (χ3v) is 3.14. The normalized spacial score (nSPS) is 10.7. The van der Waals surface area contributed by atoms with Crippen LogP contribution in [0.25, 0.3) is 10.6 Å². The first-order chi connectivity index (χ1) is 6.83. The highest BCUT2D eigenvalue weighted by molar-refractivity contribution is 7.13. The first-order valence-corrected chi connectivity index (χ1v) is 5.48. The van der Waals surface area contributed by atoms with E-state index in [1.165, 1.54) is 10.4 Å². The number of hydrogen-bond donors (Lipinski definition) is 2. The van der Waals surface area contributed by atoms with Gasteiger partial charge in [-0.1, -0.05) is 6.07 Å². The van der Waals surface area contributed by atoms with Gasteiger partial charge in [-0.3, -0.25) is 5.10 Å². The van der Waals surface area contributed by atoms with E-state index in [1.807, 2.05) is 6.07 Å². The number of H-pyrrole nitrogens is 1. The van der Waals surface area contributed by atoms with Crippen molar-refractivity contribution in [3.05, 3.63) is 28.8 Å². The zero-order chi connectivity index (χ0) is 9.97. The van der Waals surface area contributed by atoms with Gasteiger partial charge in [0.15, 0.2) is 0 Å². The Morgan fingerprint density at radius 1 is 1.57 bits per heavy atom. The Morgan fingerprint density at radius 2 is 2.43 bits per heavy atom. The molecule has 4 heteroatoms. The van der Waals surface area contributed by atoms with Crippen molar-refractivity contribution in [1.82, 2.24) is 10.2 Å². The molecule has 14 heavy (non-hydrogen) atoms. The molecular formula is C10H13N3S. The molecule has 0 spiro atoms. The van der Waals surface area contributed by atoms with E-state index < -0.39 is 0 Å². The van der Waals surface area contributed by atoms with E-state index >= 15 is 0 Å². The molecule has 0 radical (unpaired) electrons. The second kappa shape index (κ2) is 3.94. The van der Waals surface area contributed by atoms with Crippen molar-refractivity contribution >= 4 is 11.3 Å². The summed E-state index contributed by atoms with van der Waals surface area (Å²) in [6.07, 6.45) is 0.865. The van der Waals surface area contributed by atoms with Crippen LogP contribution in [0.5, 0.6) is 0 Å². The van der Waals surface area contributed by atoms with Gasteiger partial charge in [-0.25, -0.2) is 0 Å². The van der Waals surface area contributed by atoms with Gasteiger partial charge in [0.2, 0.25) is 0 Å². The van der Waals surface area contributed by atoms with Gasteiger partial charge in [0, 0.05) is 12.1 Å². The molecule has 2 rings (SSSR count). The first kappa shape index (κ1) is 9.43. The lowest BCUT2D eigenvalue weighted by Gasteiger charge is -1.96. The quantitative estimate of drug-likeness (QED) is 0.808. The van der Waals surface area contributed by atoms with Gasteiger partial charge in [0.05, 0.1) is 4.88 Å². The van der Waals surface area contributed by atoms with Crippen LogP contribution in [0.2, 0.25) is 0 Å². The van der Waals surface area contributed by atoms with Crippen LogP contribution in [-0.4, -0.2) is 16.7 Å². The molecule has 0 bridgehead atoms. The highest BCUT2D eigenvalue weighted by Crippen LogP contribution is 2.27. The van der Waals surface area contributed by atoms with Crippen molar-refractivity contribution in [2.75, 3.05) is 6.54 Å². The molecule has 2 aromatic rings. The SMILES string of the molecule is Cc1c(-c2cccs2)n[nH]c1CCN. The molecule has 0 saturated carbocycles. The topological polar surface area (TPSA) is 54.7 Å². The number of nitrogens with one attached hydrogen (secondary N) is 1. The van der Waals surface area contributed by atoms with Crippen LogP contribution in [0.4, 0.5) is 0 Å². The predicted octanol–water partition coefficient (Wildman–Crippen LogP) is 1.95. The molecule has 0 atom stereocenters. The van der Waals surface area contributed by atoms with Gasteiger partial charge >= 0.3 is 0 Å². The molecule has 0 aliphatic heterocycles. The number of rotatable bonds is 3. The maximum Gasteiger partial charge on any atom is 0.105 e. The summed E-state index contributed by atoms with van der Waals surface area (Å²) in [6.45, 7) is 2.75. The molecule has 0 amide bonds. The Labute approximate surface area is 87.0 Å². The fraction of sp³-hybridized carbons (Fsp3) is 0.300. The molecule has 0 aromatic carbocycles. The largest absolute Gasteiger partial charge is 0.330 e. The zero-order valence-corrected chi connectivity index (χ0v) is 8.90. The smallest absolute Gasteiger partial charge is 0.105 e. The van der Waals surface area contributed by atoms with Crippen molar-refractivity contribution in [1.29, 1.82) is 0 Å². The van der Waals surface area contributed by atoms with Crippen molar-refractivity contribution in [3.8, 4) is 10.6 Å². The Morgan fingerprint density at radius 3 is 3.07 bits per heavy atom. The fourth-order valence-electron chi connectivity index (χ4n) is 1.47. The maximum absolute atomic E-state index is 5.51. The van der Waals surface area contributed by atoms with Crippen molar-refractivity contribution in [2.45, 2.75) is 13.3 Å². The molecule has 0 fully saturated rings. The van der Waals surface area contributed by atoms with E-state index in [9.17, 15) is 0 Å². The highest BCUT2D eigenvalue weighted by atomic mass is 32.1. The van der Waals surface area contributed by atoms with Crippen LogP contribution in [-0.2, 0) is 6.42 Å². The van der Waals surface area contributed by atoms with E-state index in [4.69, 9.17) is 5.73 Å². The summed E-state index contributed by atoms with van der Waals surface area (Å²) in [4.78, 5) is 1.21. The summed E-state index contributed by atoms with van der Waals surface area (Å²) >= 11 is 1.71. The van der Waals surface area contributed by atoms with E-state index in [2.05, 4.69) is 28.6 Å². The Balaban J connectivity index is 2.36. The summed E-state index contributed by atoms with van der Waals surface area (Å²) in [5.41, 5.74) is 8.94. The molecule has 3 nitrogen and oxygen atoms in total. The minimum Gasteiger partial charge on any atom is -0.330 e. The summed E-state index contributed by atoms with van der Waals surface area (Å²) < 4.78 is 0. The third kappa shape index (κ3) is 1.58. The zero-order valence-electron chi connectivity index (χ0n) is 8.08. The molecule has 2 aromatic heterocycles. The molecule has 2 heterocycles. The van der Waals surface area contributed by atoms with Crippen molar-refractivity contribution < 1.29 is 0 Å². The Bertz CT molecular complexity index is 403. The van der Waals surface area contributed by atoms with Crippen LogP contribution in [0, 0.1) is 6.92 Å². The number of aromatic nitrogens is 2. The molecule has 0 saturated heterocycles. The maximum atomic E-state index is 5.51. The van der Waals surface area contributed by atoms with Crippen LogP contribution in [0.1, 0.15) is 11.3 Å². The van der Waals surface area contributed by atoms with Crippen molar-refractivity contribution in [2.24, 2.45) is 5.73 Å². The highest BCUT2D eigenvalue weighted by Gasteiger charge is 2.10. The summed E-state index contributed by atoms with van der Waals surface area (Å²) in [7, 11) is 0. The van der Waals surface area contributed by atoms with E-state index in [0.717, 1.165) is 17.8 Å². The molecular weight excluding hydrogens is 194 g/mol. The van der Waals surface area contributed by atoms with Crippen LogP contribution < -0.4 is 5.73 Å². The van der Waals surface area contributed by atoms with Crippen LogP contribution in [0.15, 0.2) is 17.5 Å². The Hall–Kier alpha value is -1.13. The number of hydrogen-bond acceptors (Lipinski definition) is 3. The lowest BCUT2D eigenvalue weighted by atomic mass is 10.1. The van der Waals surface area contributed by atoms with Crippen LogP contribution in [0.3, 0.4) is 0 Å². The summed E-state index contributed by atoms with van der Waals surface area (Å²) in [6, 6.07) is 4.12. The number of thiophene rings is 1. The van der Waals surface area contributed by atoms with Gasteiger partial charge < -0.3 is 5.73 Å². The monoisotopic (exact) mass is 207 g/mol. The summed E-state index contributed by atoms with van der Waals surface area (Å²) in [5.74, 6) is 0. The second-order valence-corrected chi connectivity index (χ2v) is 4.14. The van der Waals surface area contributed by atoms with E-state index in [0.29, 0.717) is 6.54 Å². The molecule has 0 aliphatic carbocycles. The number of nitrogens with two attached hydrogens (primary N) is 1. The summed E-state index contributed by atoms with van der Waals surface area (Å²) in [5, 5.41) is 9.41. The average molecular weight is 207 g/mol. The molecule has 3 N–H and O–H groups in total. The fourth-order valence-corrected chi connectivity index (χ4v) is 2.25. The van der Waals surface area contributed by atoms with Gasteiger partial charge in [-0.2, -0.15) is 5.10 Å². The lowest BCUT2D eigenvalue weighted by molar-refractivity contribution is 0.896. The predicted molar refractivity (Wildman–Crippen MR) is 59.4 cm³/mol. The van der Waals surface area contributed by atoms with E-state index in [-0.39, 0.29) is 0 Å². The van der Waals surface area contributed by atoms with Gasteiger partial charge in [0.1, 0.15) is 5.69 Å². The van der Waals surface area contributed by atoms with Crippen molar-refractivity contribution in [3.63, 3.8) is 0 Å². The second-order valence-electron chi connectivity index (χ2n) is 3.19. The minimum absolute atomic E-state index is 0.660. The van der Waals surface area contributed by atoms with Gasteiger partial charge in [0.25, 0.3) is 0 Å². The molecule has 0 aliphatic rings. The first-order valence-electron chi connectivity index (χ1n) is 4.60.